The first-order valence-corrected chi connectivity index (χ1v) is 12.5. The Kier molecular flexibility index (Phi) is 5.81. The lowest BCUT2D eigenvalue weighted by molar-refractivity contribution is 0.235. The normalized spacial score (nSPS) is 17.2. The van der Waals surface area contributed by atoms with Crippen LogP contribution >= 0.6 is 0 Å². The van der Waals surface area contributed by atoms with Crippen LogP contribution in [0.2, 0.25) is 0 Å². The summed E-state index contributed by atoms with van der Waals surface area (Å²) in [5.74, 6) is 0.685. The van der Waals surface area contributed by atoms with Crippen LogP contribution in [0.3, 0.4) is 0 Å². The molecular weight excluding hydrogens is 468 g/mol. The summed E-state index contributed by atoms with van der Waals surface area (Å²) in [6, 6.07) is 19.5. The van der Waals surface area contributed by atoms with E-state index in [0.29, 0.717) is 30.1 Å². The van der Waals surface area contributed by atoms with Gasteiger partial charge in [-0.1, -0.05) is 30.3 Å². The van der Waals surface area contributed by atoms with E-state index in [9.17, 15) is 18.0 Å². The lowest BCUT2D eigenvalue weighted by Crippen LogP contribution is -2.34. The Labute approximate surface area is 203 Å². The smallest absolute Gasteiger partial charge is 0.331 e. The minimum Gasteiger partial charge on any atom is -0.497 e. The predicted octanol–water partition coefficient (Wildman–Crippen LogP) is 3.75. The van der Waals surface area contributed by atoms with Crippen LogP contribution in [0.25, 0.3) is 0 Å². The van der Waals surface area contributed by atoms with E-state index < -0.39 is 22.1 Å². The Bertz CT molecular complexity index is 1380. The summed E-state index contributed by atoms with van der Waals surface area (Å²) >= 11 is 0. The van der Waals surface area contributed by atoms with Crippen molar-refractivity contribution in [3.8, 4) is 5.75 Å². The summed E-state index contributed by atoms with van der Waals surface area (Å²) in [7, 11) is -2.48. The molecule has 1 unspecified atom stereocenters. The van der Waals surface area contributed by atoms with Crippen LogP contribution in [0.1, 0.15) is 17.2 Å². The monoisotopic (exact) mass is 492 g/mol. The highest BCUT2D eigenvalue weighted by Crippen LogP contribution is 2.33. The molecule has 1 atom stereocenters. The average molecular weight is 493 g/mol. The fraction of sp³-hybridized carbons (Fsp3) is 0.200. The van der Waals surface area contributed by atoms with E-state index >= 15 is 0 Å². The van der Waals surface area contributed by atoms with Crippen molar-refractivity contribution >= 4 is 33.5 Å². The largest absolute Gasteiger partial charge is 0.497 e. The molecule has 0 aliphatic carbocycles. The number of hydrogen-bond acceptors (Lipinski definition) is 5. The lowest BCUT2D eigenvalue weighted by atomic mass is 10.1. The van der Waals surface area contributed by atoms with Crippen LogP contribution in [-0.2, 0) is 16.4 Å². The highest BCUT2D eigenvalue weighted by Gasteiger charge is 2.39. The lowest BCUT2D eigenvalue weighted by Gasteiger charge is -2.19. The topological polar surface area (TPSA) is 108 Å². The van der Waals surface area contributed by atoms with Gasteiger partial charge < -0.3 is 15.4 Å². The summed E-state index contributed by atoms with van der Waals surface area (Å²) in [5.41, 5.74) is 2.83. The molecule has 2 heterocycles. The molecule has 2 aliphatic heterocycles. The molecule has 2 aliphatic rings. The second-order valence-electron chi connectivity index (χ2n) is 8.30. The van der Waals surface area contributed by atoms with Gasteiger partial charge in [0, 0.05) is 17.9 Å². The molecule has 5 rings (SSSR count). The third-order valence-corrected chi connectivity index (χ3v) is 7.94. The van der Waals surface area contributed by atoms with Crippen molar-refractivity contribution in [2.75, 3.05) is 30.4 Å². The molecule has 0 bridgehead atoms. The highest BCUT2D eigenvalue weighted by molar-refractivity contribution is 7.89. The number of sulfonamides is 1. The van der Waals surface area contributed by atoms with Crippen molar-refractivity contribution in [3.05, 3.63) is 83.9 Å². The molecular formula is C25H24N4O5S. The molecule has 35 heavy (non-hydrogen) atoms. The van der Waals surface area contributed by atoms with Gasteiger partial charge in [-0.25, -0.2) is 22.3 Å². The molecule has 3 aromatic carbocycles. The summed E-state index contributed by atoms with van der Waals surface area (Å²) in [5, 5.41) is 5.58. The number of anilines is 2. The van der Waals surface area contributed by atoms with Crippen molar-refractivity contribution in [2.24, 2.45) is 0 Å². The minimum absolute atomic E-state index is 0.0126. The molecule has 4 amide bonds. The van der Waals surface area contributed by atoms with E-state index in [-0.39, 0.29) is 17.5 Å². The van der Waals surface area contributed by atoms with Gasteiger partial charge in [0.05, 0.1) is 24.6 Å². The highest BCUT2D eigenvalue weighted by atomic mass is 32.2. The molecule has 3 aromatic rings. The first kappa shape index (κ1) is 22.7. The molecule has 180 valence electrons. The fourth-order valence-electron chi connectivity index (χ4n) is 4.34. The summed E-state index contributed by atoms with van der Waals surface area (Å²) in [6.45, 7) is 0.430. The van der Waals surface area contributed by atoms with E-state index in [1.165, 1.54) is 6.07 Å². The number of carbonyl (C=O) groups is 2. The first-order chi connectivity index (χ1) is 16.9. The van der Waals surface area contributed by atoms with Gasteiger partial charge in [0.15, 0.2) is 0 Å². The van der Waals surface area contributed by atoms with Crippen LogP contribution in [0, 0.1) is 0 Å². The first-order valence-electron chi connectivity index (χ1n) is 11.1. The standard InChI is InChI=1S/C25H24N4O5S/c1-34-20-9-7-19(8-10-20)26-24(30)28-14-13-18-15-21(11-12-23(18)28)35(32,33)29-16-22(27-25(29)31)17-5-3-2-4-6-17/h2-12,15,22H,13-14,16H2,1H3,(H,26,30)(H,27,31). The number of nitrogens with one attached hydrogen (secondary N) is 2. The van der Waals surface area contributed by atoms with Crippen LogP contribution in [-0.4, -0.2) is 45.0 Å². The number of amides is 4. The Hall–Kier alpha value is -4.05. The van der Waals surface area contributed by atoms with E-state index in [0.717, 1.165) is 15.4 Å². The minimum atomic E-state index is -4.05. The fourth-order valence-corrected chi connectivity index (χ4v) is 5.74. The van der Waals surface area contributed by atoms with E-state index in [1.807, 2.05) is 30.3 Å². The number of methoxy groups -OCH3 is 1. The Morgan fingerprint density at radius 3 is 2.51 bits per heavy atom. The third kappa shape index (κ3) is 4.28. The van der Waals surface area contributed by atoms with Crippen LogP contribution in [0.5, 0.6) is 5.75 Å². The Morgan fingerprint density at radius 1 is 1.06 bits per heavy atom. The number of carbonyl (C=O) groups excluding carboxylic acids is 2. The molecule has 0 radical (unpaired) electrons. The molecule has 2 N–H and O–H groups in total. The van der Waals surface area contributed by atoms with Gasteiger partial charge in [-0.15, -0.1) is 0 Å². The summed E-state index contributed by atoms with van der Waals surface area (Å²) in [6.07, 6.45) is 0.508. The van der Waals surface area contributed by atoms with E-state index in [4.69, 9.17) is 4.74 Å². The molecule has 1 saturated heterocycles. The van der Waals surface area contributed by atoms with Gasteiger partial charge in [-0.3, -0.25) is 4.90 Å². The number of nitrogens with zero attached hydrogens (tertiary/aromatic N) is 2. The Morgan fingerprint density at radius 2 is 1.80 bits per heavy atom. The number of hydrogen-bond donors (Lipinski definition) is 2. The number of urea groups is 2. The van der Waals surface area contributed by atoms with Gasteiger partial charge in [0.1, 0.15) is 5.75 Å². The van der Waals surface area contributed by atoms with Gasteiger partial charge in [0.25, 0.3) is 10.0 Å². The maximum atomic E-state index is 13.3. The zero-order valence-electron chi connectivity index (χ0n) is 19.0. The van der Waals surface area contributed by atoms with Gasteiger partial charge >= 0.3 is 12.1 Å². The summed E-state index contributed by atoms with van der Waals surface area (Å²) < 4.78 is 32.6. The maximum Gasteiger partial charge on any atom is 0.331 e. The molecule has 9 nitrogen and oxygen atoms in total. The quantitative estimate of drug-likeness (QED) is 0.564. The Balaban J connectivity index is 1.33. The van der Waals surface area contributed by atoms with Crippen LogP contribution in [0.15, 0.2) is 77.7 Å². The second-order valence-corrected chi connectivity index (χ2v) is 10.2. The maximum absolute atomic E-state index is 13.3. The zero-order chi connectivity index (χ0) is 24.6. The van der Waals surface area contributed by atoms with Gasteiger partial charge in [0.2, 0.25) is 0 Å². The zero-order valence-corrected chi connectivity index (χ0v) is 19.8. The number of fused-ring (bicyclic) bond motifs is 1. The number of rotatable bonds is 5. The van der Waals surface area contributed by atoms with Crippen molar-refractivity contribution < 1.29 is 22.7 Å². The van der Waals surface area contributed by atoms with Crippen LogP contribution < -0.4 is 20.3 Å². The molecule has 1 fully saturated rings. The second kappa shape index (κ2) is 8.95. The molecule has 10 heteroatoms. The van der Waals surface area contributed by atoms with Crippen molar-refractivity contribution in [1.82, 2.24) is 9.62 Å². The SMILES string of the molecule is COc1ccc(NC(=O)N2CCc3cc(S(=O)(=O)N4CC(c5ccccc5)NC4=O)ccc32)cc1. The van der Waals surface area contributed by atoms with Crippen LogP contribution in [0.4, 0.5) is 21.0 Å². The molecule has 0 spiro atoms. The average Bonchev–Trinajstić information content (AvgIpc) is 3.48. The van der Waals surface area contributed by atoms with Crippen molar-refractivity contribution in [1.29, 1.82) is 0 Å². The number of benzene rings is 3. The van der Waals surface area contributed by atoms with E-state index in [1.54, 1.807) is 48.4 Å². The predicted molar refractivity (Wildman–Crippen MR) is 131 cm³/mol. The molecule has 0 aromatic heterocycles. The van der Waals surface area contributed by atoms with Crippen molar-refractivity contribution in [2.45, 2.75) is 17.4 Å². The van der Waals surface area contributed by atoms with Gasteiger partial charge in [-0.05, 0) is 60.0 Å². The molecule has 0 saturated carbocycles. The van der Waals surface area contributed by atoms with Gasteiger partial charge in [-0.2, -0.15) is 0 Å². The van der Waals surface area contributed by atoms with Crippen molar-refractivity contribution in [3.63, 3.8) is 0 Å². The summed E-state index contributed by atoms with van der Waals surface area (Å²) in [4.78, 5) is 27.0. The number of ether oxygens (including phenoxy) is 1. The third-order valence-electron chi connectivity index (χ3n) is 6.20. The van der Waals surface area contributed by atoms with E-state index in [2.05, 4.69) is 10.6 Å².